The van der Waals surface area contributed by atoms with Gasteiger partial charge in [-0.05, 0) is 43.0 Å². The van der Waals surface area contributed by atoms with E-state index in [0.29, 0.717) is 19.5 Å². The van der Waals surface area contributed by atoms with Crippen LogP contribution in [0.4, 0.5) is 0 Å². The van der Waals surface area contributed by atoms with Gasteiger partial charge in [-0.2, -0.15) is 0 Å². The summed E-state index contributed by atoms with van der Waals surface area (Å²) in [6.45, 7) is 3.19. The number of amides is 2. The summed E-state index contributed by atoms with van der Waals surface area (Å²) >= 11 is 0. The van der Waals surface area contributed by atoms with Crippen LogP contribution in [0.3, 0.4) is 0 Å². The molecule has 1 N–H and O–H groups in total. The van der Waals surface area contributed by atoms with E-state index in [2.05, 4.69) is 10.3 Å². The number of hydrogen-bond acceptors (Lipinski definition) is 3. The molecular weight excluding hydrogens is 326 g/mol. The summed E-state index contributed by atoms with van der Waals surface area (Å²) in [4.78, 5) is 30.5. The van der Waals surface area contributed by atoms with Gasteiger partial charge in [-0.1, -0.05) is 29.8 Å². The van der Waals surface area contributed by atoms with Gasteiger partial charge in [-0.15, -0.1) is 0 Å². The number of carbonyl (C=O) groups is 2. The molecule has 3 rings (SSSR count). The number of rotatable bonds is 7. The summed E-state index contributed by atoms with van der Waals surface area (Å²) in [7, 11) is 1.81. The predicted octanol–water partition coefficient (Wildman–Crippen LogP) is 2.34. The van der Waals surface area contributed by atoms with Crippen molar-refractivity contribution < 1.29 is 9.59 Å². The fourth-order valence-electron chi connectivity index (χ4n) is 3.02. The molecule has 2 unspecified atom stereocenters. The van der Waals surface area contributed by atoms with Crippen molar-refractivity contribution in [1.82, 2.24) is 15.2 Å². The highest BCUT2D eigenvalue weighted by Gasteiger charge is 2.48. The van der Waals surface area contributed by atoms with Crippen LogP contribution < -0.4 is 5.32 Å². The van der Waals surface area contributed by atoms with E-state index in [1.54, 1.807) is 17.3 Å². The number of hydrogen-bond donors (Lipinski definition) is 1. The zero-order chi connectivity index (χ0) is 18.5. The third-order valence-electron chi connectivity index (χ3n) is 4.89. The predicted molar refractivity (Wildman–Crippen MR) is 100 cm³/mol. The molecule has 0 radical (unpaired) electrons. The minimum absolute atomic E-state index is 0.0218. The lowest BCUT2D eigenvalue weighted by Gasteiger charge is -2.17. The number of aryl methyl sites for hydroxylation is 1. The smallest absolute Gasteiger partial charge is 0.226 e. The first-order chi connectivity index (χ1) is 12.5. The van der Waals surface area contributed by atoms with Crippen molar-refractivity contribution in [2.75, 3.05) is 13.6 Å². The molecule has 1 aliphatic carbocycles. The average Bonchev–Trinajstić information content (AvgIpc) is 3.46. The van der Waals surface area contributed by atoms with Crippen molar-refractivity contribution in [3.05, 3.63) is 65.5 Å². The van der Waals surface area contributed by atoms with Gasteiger partial charge in [0.05, 0.1) is 11.8 Å². The van der Waals surface area contributed by atoms with Crippen molar-refractivity contribution in [3.8, 4) is 0 Å². The molecule has 1 fully saturated rings. The Hall–Kier alpha value is -2.69. The van der Waals surface area contributed by atoms with E-state index in [0.717, 1.165) is 17.5 Å². The zero-order valence-corrected chi connectivity index (χ0v) is 15.3. The Kier molecular flexibility index (Phi) is 5.66. The van der Waals surface area contributed by atoms with Crippen LogP contribution in [0.2, 0.25) is 0 Å². The Labute approximate surface area is 154 Å². The summed E-state index contributed by atoms with van der Waals surface area (Å²) < 4.78 is 0. The second-order valence-corrected chi connectivity index (χ2v) is 7.02. The highest BCUT2D eigenvalue weighted by Crippen LogP contribution is 2.40. The molecule has 2 amide bonds. The Morgan fingerprint density at radius 2 is 1.77 bits per heavy atom. The zero-order valence-electron chi connectivity index (χ0n) is 15.3. The molecule has 136 valence electrons. The third kappa shape index (κ3) is 4.69. The number of carbonyl (C=O) groups excluding carboxylic acids is 2. The molecule has 1 aromatic carbocycles. The molecule has 26 heavy (non-hydrogen) atoms. The fraction of sp³-hybridized carbons (Fsp3) is 0.381. The van der Waals surface area contributed by atoms with Gasteiger partial charge >= 0.3 is 0 Å². The van der Waals surface area contributed by atoms with Crippen LogP contribution in [0.1, 0.15) is 23.1 Å². The second-order valence-electron chi connectivity index (χ2n) is 7.02. The van der Waals surface area contributed by atoms with E-state index in [4.69, 9.17) is 0 Å². The van der Waals surface area contributed by atoms with Crippen molar-refractivity contribution in [1.29, 1.82) is 0 Å². The van der Waals surface area contributed by atoms with Crippen molar-refractivity contribution in [2.45, 2.75) is 26.3 Å². The number of pyridine rings is 1. The van der Waals surface area contributed by atoms with Crippen LogP contribution in [0, 0.1) is 18.8 Å². The first-order valence-electron chi connectivity index (χ1n) is 9.01. The number of nitrogens with zero attached hydrogens (tertiary/aromatic N) is 2. The number of likely N-dealkylation sites (N-methyl/N-ethyl adjacent to an activating group) is 1. The van der Waals surface area contributed by atoms with Crippen LogP contribution in [0.25, 0.3) is 0 Å². The third-order valence-corrected chi connectivity index (χ3v) is 4.89. The van der Waals surface area contributed by atoms with E-state index in [1.165, 1.54) is 5.56 Å². The summed E-state index contributed by atoms with van der Waals surface area (Å²) in [5.74, 6) is -0.312. The topological polar surface area (TPSA) is 62.3 Å². The largest absolute Gasteiger partial charge is 0.352 e. The SMILES string of the molecule is Cc1ccc(CNC(=O)C2CC2C(=O)N(C)CCc2ccncc2)cc1. The molecule has 2 atom stereocenters. The molecule has 5 heteroatoms. The minimum Gasteiger partial charge on any atom is -0.352 e. The van der Waals surface area contributed by atoms with Gasteiger partial charge in [0.25, 0.3) is 0 Å². The number of benzene rings is 1. The van der Waals surface area contributed by atoms with Crippen LogP contribution >= 0.6 is 0 Å². The first kappa shape index (κ1) is 18.1. The molecule has 1 saturated carbocycles. The maximum atomic E-state index is 12.5. The molecule has 0 saturated heterocycles. The van der Waals surface area contributed by atoms with Gasteiger partial charge in [0.2, 0.25) is 11.8 Å². The Bertz CT molecular complexity index is 759. The van der Waals surface area contributed by atoms with Gasteiger partial charge in [0.1, 0.15) is 0 Å². The highest BCUT2D eigenvalue weighted by atomic mass is 16.2. The van der Waals surface area contributed by atoms with Crippen molar-refractivity contribution >= 4 is 11.8 Å². The lowest BCUT2D eigenvalue weighted by atomic mass is 10.1. The Morgan fingerprint density at radius 3 is 2.46 bits per heavy atom. The van der Waals surface area contributed by atoms with E-state index in [1.807, 2.05) is 50.4 Å². The summed E-state index contributed by atoms with van der Waals surface area (Å²) in [6, 6.07) is 12.0. The summed E-state index contributed by atoms with van der Waals surface area (Å²) in [5.41, 5.74) is 3.42. The lowest BCUT2D eigenvalue weighted by Crippen LogP contribution is -2.32. The molecule has 2 aromatic rings. The van der Waals surface area contributed by atoms with Gasteiger partial charge in [0.15, 0.2) is 0 Å². The van der Waals surface area contributed by atoms with E-state index < -0.39 is 0 Å². The van der Waals surface area contributed by atoms with E-state index in [9.17, 15) is 9.59 Å². The molecule has 1 aromatic heterocycles. The maximum Gasteiger partial charge on any atom is 0.226 e. The normalized spacial score (nSPS) is 18.2. The Morgan fingerprint density at radius 1 is 1.08 bits per heavy atom. The minimum atomic E-state index is -0.184. The van der Waals surface area contributed by atoms with Crippen LogP contribution in [0.15, 0.2) is 48.8 Å². The Balaban J connectivity index is 1.42. The quantitative estimate of drug-likeness (QED) is 0.833. The standard InChI is InChI=1S/C21H25N3O2/c1-15-3-5-17(6-4-15)14-23-20(25)18-13-19(18)21(26)24(2)12-9-16-7-10-22-11-8-16/h3-8,10-11,18-19H,9,12-14H2,1-2H3,(H,23,25). The molecule has 0 aliphatic heterocycles. The van der Waals surface area contributed by atoms with Gasteiger partial charge in [-0.25, -0.2) is 0 Å². The van der Waals surface area contributed by atoms with Gasteiger partial charge < -0.3 is 10.2 Å². The maximum absolute atomic E-state index is 12.5. The summed E-state index contributed by atoms with van der Waals surface area (Å²) in [6.07, 6.45) is 4.96. The molecular formula is C21H25N3O2. The van der Waals surface area contributed by atoms with Crippen LogP contribution in [-0.2, 0) is 22.6 Å². The highest BCUT2D eigenvalue weighted by molar-refractivity contribution is 5.92. The average molecular weight is 351 g/mol. The molecule has 1 aliphatic rings. The molecule has 5 nitrogen and oxygen atoms in total. The van der Waals surface area contributed by atoms with Gasteiger partial charge in [-0.3, -0.25) is 14.6 Å². The van der Waals surface area contributed by atoms with E-state index >= 15 is 0 Å². The first-order valence-corrected chi connectivity index (χ1v) is 9.01. The molecule has 0 spiro atoms. The van der Waals surface area contributed by atoms with E-state index in [-0.39, 0.29) is 23.7 Å². The number of aromatic nitrogens is 1. The second kappa shape index (κ2) is 8.13. The fourth-order valence-corrected chi connectivity index (χ4v) is 3.02. The lowest BCUT2D eigenvalue weighted by molar-refractivity contribution is -0.133. The molecule has 0 bridgehead atoms. The monoisotopic (exact) mass is 351 g/mol. The molecule has 1 heterocycles. The van der Waals surface area contributed by atoms with Crippen molar-refractivity contribution in [3.63, 3.8) is 0 Å². The summed E-state index contributed by atoms with van der Waals surface area (Å²) in [5, 5.41) is 2.95. The number of nitrogens with one attached hydrogen (secondary N) is 1. The van der Waals surface area contributed by atoms with Crippen LogP contribution in [0.5, 0.6) is 0 Å². The van der Waals surface area contributed by atoms with Crippen molar-refractivity contribution in [2.24, 2.45) is 11.8 Å². The van der Waals surface area contributed by atoms with Gasteiger partial charge in [0, 0.05) is 32.5 Å². The van der Waals surface area contributed by atoms with Crippen LogP contribution in [-0.4, -0.2) is 35.3 Å².